The molecule has 2 aliphatic rings. The molecule has 0 unspecified atom stereocenters. The number of aromatic amines is 1. The van der Waals surface area contributed by atoms with Gasteiger partial charge in [0.25, 0.3) is 0 Å². The quantitative estimate of drug-likeness (QED) is 0.512. The van der Waals surface area contributed by atoms with Crippen molar-refractivity contribution in [2.75, 3.05) is 0 Å². The summed E-state index contributed by atoms with van der Waals surface area (Å²) in [6.45, 7) is 0. The minimum absolute atomic E-state index is 0. The number of rotatable bonds is 1. The molecule has 3 N–H and O–H groups in total. The molecule has 1 aromatic heterocycles. The van der Waals surface area contributed by atoms with Gasteiger partial charge in [0.05, 0.1) is 12.1 Å². The first-order chi connectivity index (χ1) is 6.43. The van der Waals surface area contributed by atoms with Crippen molar-refractivity contribution in [2.24, 2.45) is 0 Å². The monoisotopic (exact) mass is 246 g/mol. The maximum atomic E-state index is 3.18. The highest BCUT2D eigenvalue weighted by molar-refractivity contribution is 5.16. The highest BCUT2D eigenvalue weighted by Crippen LogP contribution is 2.34. The van der Waals surface area contributed by atoms with E-state index in [1.165, 1.54) is 24.8 Å². The van der Waals surface area contributed by atoms with Crippen LogP contribution in [-0.2, 0) is 0 Å². The van der Waals surface area contributed by atoms with Crippen LogP contribution in [0.3, 0.4) is 0 Å². The van der Waals surface area contributed by atoms with Gasteiger partial charge >= 0.3 is 0 Å². The van der Waals surface area contributed by atoms with Gasteiger partial charge in [-0.25, -0.2) is 4.98 Å². The molecule has 0 aromatic carbocycles. The Kier molecular flexibility index (Phi) is 4.38. The maximum Gasteiger partial charge on any atom is 0.170 e. The Bertz CT molecular complexity index is 305. The Morgan fingerprint density at radius 1 is 1.27 bits per heavy atom. The fourth-order valence-electron chi connectivity index (χ4n) is 3.00. The van der Waals surface area contributed by atoms with Crippen LogP contribution in [-0.4, -0.2) is 12.1 Å². The van der Waals surface area contributed by atoms with Gasteiger partial charge in [-0.3, -0.25) is 0 Å². The standard InChI is InChI=1S/C11H14N2.2ClH/c1-2-8(7-12-5-1)10-6-9-3-4-11(10)13-9;;/h1-2,5,7,9-11,13H,3-4,6H2;2*1H/t9-,10+,11+;;/m0../s1. The van der Waals surface area contributed by atoms with E-state index in [2.05, 4.69) is 28.6 Å². The number of fused-ring (bicyclic) bond motifs is 2. The Hall–Kier alpha value is -0.310. The summed E-state index contributed by atoms with van der Waals surface area (Å²) >= 11 is 0. The van der Waals surface area contributed by atoms with Crippen LogP contribution in [0.4, 0.5) is 0 Å². The van der Waals surface area contributed by atoms with Crippen molar-refractivity contribution >= 4 is 0 Å². The smallest absolute Gasteiger partial charge is 0.170 e. The number of nitrogens with two attached hydrogens (primary N) is 1. The number of hydrogen-bond acceptors (Lipinski definition) is 0. The number of quaternary nitrogens is 1. The third-order valence-electron chi connectivity index (χ3n) is 3.62. The molecule has 0 spiro atoms. The van der Waals surface area contributed by atoms with E-state index in [1.54, 1.807) is 0 Å². The van der Waals surface area contributed by atoms with Crippen molar-refractivity contribution < 1.29 is 35.1 Å². The van der Waals surface area contributed by atoms with Gasteiger partial charge in [0.1, 0.15) is 0 Å². The van der Waals surface area contributed by atoms with E-state index in [1.807, 2.05) is 6.20 Å². The minimum Gasteiger partial charge on any atom is -1.00 e. The molecule has 2 bridgehead atoms. The molecule has 2 fully saturated rings. The summed E-state index contributed by atoms with van der Waals surface area (Å²) in [4.78, 5) is 3.18. The summed E-state index contributed by atoms with van der Waals surface area (Å²) in [5.74, 6) is 0.816. The first-order valence-corrected chi connectivity index (χ1v) is 5.24. The number of pyridine rings is 1. The number of nitrogens with one attached hydrogen (secondary N) is 1. The Morgan fingerprint density at radius 2 is 2.13 bits per heavy atom. The molecule has 3 rings (SSSR count). The third kappa shape index (κ3) is 2.27. The van der Waals surface area contributed by atoms with E-state index in [4.69, 9.17) is 0 Å². The van der Waals surface area contributed by atoms with Crippen LogP contribution in [0, 0.1) is 0 Å². The van der Waals surface area contributed by atoms with Crippen molar-refractivity contribution in [1.29, 1.82) is 0 Å². The van der Waals surface area contributed by atoms with Gasteiger partial charge in [-0.05, 0) is 6.07 Å². The molecule has 4 heteroatoms. The number of aromatic nitrogens is 1. The first kappa shape index (κ1) is 12.8. The topological polar surface area (TPSA) is 30.8 Å². The highest BCUT2D eigenvalue weighted by atomic mass is 35.5. The van der Waals surface area contributed by atoms with Crippen LogP contribution in [0.2, 0.25) is 0 Å². The Morgan fingerprint density at radius 3 is 2.67 bits per heavy atom. The summed E-state index contributed by atoms with van der Waals surface area (Å²) in [6, 6.07) is 6.17. The molecule has 0 radical (unpaired) electrons. The number of H-pyrrole nitrogens is 1. The van der Waals surface area contributed by atoms with E-state index in [0.29, 0.717) is 0 Å². The van der Waals surface area contributed by atoms with Gasteiger partial charge in [-0.1, -0.05) is 0 Å². The Balaban J connectivity index is 0.000000562. The molecule has 15 heavy (non-hydrogen) atoms. The SMILES string of the molecule is [Cl-].[Cl-].c1c[nH+]cc([C@H]2C[C@@H]3CC[C@H]2[NH2+]3)c1. The van der Waals surface area contributed by atoms with Crippen molar-refractivity contribution in [3.63, 3.8) is 0 Å². The molecule has 84 valence electrons. The van der Waals surface area contributed by atoms with Gasteiger partial charge < -0.3 is 30.1 Å². The molecule has 2 nitrogen and oxygen atoms in total. The third-order valence-corrected chi connectivity index (χ3v) is 3.62. The maximum absolute atomic E-state index is 3.18. The van der Waals surface area contributed by atoms with Crippen molar-refractivity contribution in [3.8, 4) is 0 Å². The molecule has 0 saturated carbocycles. The van der Waals surface area contributed by atoms with E-state index in [9.17, 15) is 0 Å². The van der Waals surface area contributed by atoms with Crippen molar-refractivity contribution in [1.82, 2.24) is 0 Å². The summed E-state index contributed by atoms with van der Waals surface area (Å²) in [7, 11) is 0. The van der Waals surface area contributed by atoms with Gasteiger partial charge in [0, 0.05) is 36.8 Å². The van der Waals surface area contributed by atoms with Crippen molar-refractivity contribution in [2.45, 2.75) is 37.3 Å². The average Bonchev–Trinajstić information content (AvgIpc) is 2.80. The molecule has 2 aliphatic heterocycles. The van der Waals surface area contributed by atoms with Crippen LogP contribution in [0.25, 0.3) is 0 Å². The second kappa shape index (κ2) is 5.15. The van der Waals surface area contributed by atoms with Crippen molar-refractivity contribution in [3.05, 3.63) is 30.1 Å². The lowest BCUT2D eigenvalue weighted by Crippen LogP contribution is -3.00. The van der Waals surface area contributed by atoms with Crippen LogP contribution in [0.15, 0.2) is 24.5 Å². The summed E-state index contributed by atoms with van der Waals surface area (Å²) in [5, 5.41) is 2.58. The molecule has 1 aromatic rings. The molecule has 2 saturated heterocycles. The second-order valence-electron chi connectivity index (χ2n) is 4.37. The van der Waals surface area contributed by atoms with E-state index in [-0.39, 0.29) is 24.8 Å². The number of halogens is 2. The molecule has 0 aliphatic carbocycles. The number of hydrogen-bond donors (Lipinski definition) is 1. The summed E-state index contributed by atoms with van der Waals surface area (Å²) < 4.78 is 0. The van der Waals surface area contributed by atoms with Gasteiger partial charge in [0.2, 0.25) is 0 Å². The fourth-order valence-corrected chi connectivity index (χ4v) is 3.00. The molecular formula is C11H16Cl2N2. The second-order valence-corrected chi connectivity index (χ2v) is 4.37. The van der Waals surface area contributed by atoms with Crippen LogP contribution in [0.5, 0.6) is 0 Å². The molecule has 0 amide bonds. The predicted molar refractivity (Wildman–Crippen MR) is 49.1 cm³/mol. The predicted octanol–water partition coefficient (Wildman–Crippen LogP) is -5.91. The highest BCUT2D eigenvalue weighted by Gasteiger charge is 2.44. The van der Waals surface area contributed by atoms with Gasteiger partial charge in [0.15, 0.2) is 12.4 Å². The van der Waals surface area contributed by atoms with Crippen LogP contribution >= 0.6 is 0 Å². The zero-order valence-electron chi connectivity index (χ0n) is 8.50. The van der Waals surface area contributed by atoms with Gasteiger partial charge in [-0.2, -0.15) is 0 Å². The van der Waals surface area contributed by atoms with Crippen LogP contribution in [0.1, 0.15) is 30.7 Å². The lowest BCUT2D eigenvalue weighted by atomic mass is 9.85. The zero-order chi connectivity index (χ0) is 8.67. The Labute approximate surface area is 103 Å². The van der Waals surface area contributed by atoms with Gasteiger partial charge in [-0.15, -0.1) is 0 Å². The average molecular weight is 247 g/mol. The lowest BCUT2D eigenvalue weighted by molar-refractivity contribution is -0.682. The van der Waals surface area contributed by atoms with E-state index < -0.39 is 0 Å². The molecule has 3 heterocycles. The minimum atomic E-state index is 0. The zero-order valence-corrected chi connectivity index (χ0v) is 10.0. The first-order valence-electron chi connectivity index (χ1n) is 5.24. The normalized spacial score (nSPS) is 31.9. The van der Waals surface area contributed by atoms with E-state index >= 15 is 0 Å². The van der Waals surface area contributed by atoms with E-state index in [0.717, 1.165) is 18.0 Å². The molecule has 3 atom stereocenters. The fraction of sp³-hybridized carbons (Fsp3) is 0.545. The van der Waals surface area contributed by atoms with Crippen LogP contribution < -0.4 is 35.1 Å². The summed E-state index contributed by atoms with van der Waals surface area (Å²) in [6.07, 6.45) is 8.41. The lowest BCUT2D eigenvalue weighted by Gasteiger charge is -2.14. The molecular weight excluding hydrogens is 231 g/mol. The largest absolute Gasteiger partial charge is 1.00 e. The summed E-state index contributed by atoms with van der Waals surface area (Å²) in [5.41, 5.74) is 1.51.